The van der Waals surface area contributed by atoms with E-state index in [1.165, 1.54) is 43.6 Å². The van der Waals surface area contributed by atoms with E-state index in [4.69, 9.17) is 0 Å². The molecule has 2 fully saturated rings. The van der Waals surface area contributed by atoms with Gasteiger partial charge in [0.05, 0.1) is 4.55 Å². The molecule has 70 valence electrons. The predicted molar refractivity (Wildman–Crippen MR) is 59.6 cm³/mol. The monoisotopic (exact) mass is 280 g/mol. The molecule has 3 heteroatoms. The second-order valence-corrected chi connectivity index (χ2v) is 5.09. The van der Waals surface area contributed by atoms with Gasteiger partial charge in [0, 0.05) is 13.1 Å². The van der Waals surface area contributed by atoms with E-state index in [0.29, 0.717) is 0 Å². The van der Waals surface area contributed by atoms with Gasteiger partial charge in [0.25, 0.3) is 0 Å². The van der Waals surface area contributed by atoms with Crippen molar-refractivity contribution in [3.05, 3.63) is 0 Å². The maximum atomic E-state index is 2.55. The third kappa shape index (κ3) is 1.63. The van der Waals surface area contributed by atoms with Crippen molar-refractivity contribution in [3.63, 3.8) is 0 Å². The van der Waals surface area contributed by atoms with Crippen molar-refractivity contribution in [1.29, 1.82) is 0 Å². The summed E-state index contributed by atoms with van der Waals surface area (Å²) in [7, 11) is 2.24. The highest BCUT2D eigenvalue weighted by molar-refractivity contribution is 14.1. The molecule has 2 saturated heterocycles. The molecule has 0 amide bonds. The lowest BCUT2D eigenvalue weighted by Crippen LogP contribution is -2.59. The van der Waals surface area contributed by atoms with E-state index in [2.05, 4.69) is 39.4 Å². The van der Waals surface area contributed by atoms with Crippen LogP contribution in [0.5, 0.6) is 0 Å². The molecule has 2 nitrogen and oxygen atoms in total. The first-order valence-electron chi connectivity index (χ1n) is 4.71. The number of halogens is 1. The average Bonchev–Trinajstić information content (AvgIpc) is 2.02. The number of likely N-dealkylation sites (tertiary alicyclic amines) is 2. The summed E-state index contributed by atoms with van der Waals surface area (Å²) in [6, 6.07) is 0. The second-order valence-electron chi connectivity index (χ2n) is 4.41. The van der Waals surface area contributed by atoms with Crippen molar-refractivity contribution in [2.45, 2.75) is 12.8 Å². The van der Waals surface area contributed by atoms with Gasteiger partial charge < -0.3 is 4.90 Å². The third-order valence-electron chi connectivity index (χ3n) is 3.33. The summed E-state index contributed by atoms with van der Waals surface area (Å²) in [5.74, 6) is 0. The number of hydrogen-bond acceptors (Lipinski definition) is 2. The average molecular weight is 280 g/mol. The molecule has 0 aromatic carbocycles. The number of nitrogens with zero attached hydrogens (tertiary/aromatic N) is 2. The molecule has 0 atom stereocenters. The molecule has 2 rings (SSSR count). The number of rotatable bonds is 1. The zero-order valence-electron chi connectivity index (χ0n) is 7.72. The molecule has 0 bridgehead atoms. The van der Waals surface area contributed by atoms with Crippen LogP contribution < -0.4 is 0 Å². The Kier molecular flexibility index (Phi) is 2.63. The fourth-order valence-corrected chi connectivity index (χ4v) is 2.88. The van der Waals surface area contributed by atoms with Gasteiger partial charge in [0.1, 0.15) is 0 Å². The quantitative estimate of drug-likeness (QED) is 0.407. The minimum Gasteiger partial charge on any atom is -0.306 e. The largest absolute Gasteiger partial charge is 0.306 e. The Morgan fingerprint density at radius 2 is 1.83 bits per heavy atom. The first-order valence-corrected chi connectivity index (χ1v) is 6.24. The molecule has 0 unspecified atom stereocenters. The molecule has 0 aromatic rings. The SMILES string of the molecule is CN1CCC2(CC1)CN(CI)C2. The molecular formula is C9H17IN2. The summed E-state index contributed by atoms with van der Waals surface area (Å²) in [6.45, 7) is 5.36. The highest BCUT2D eigenvalue weighted by Crippen LogP contribution is 2.40. The molecule has 2 aliphatic rings. The Morgan fingerprint density at radius 1 is 1.25 bits per heavy atom. The van der Waals surface area contributed by atoms with E-state index in [9.17, 15) is 0 Å². The highest BCUT2D eigenvalue weighted by atomic mass is 127. The highest BCUT2D eigenvalue weighted by Gasteiger charge is 2.43. The number of piperidine rings is 1. The molecule has 0 saturated carbocycles. The fraction of sp³-hybridized carbons (Fsp3) is 1.00. The standard InChI is InChI=1S/C9H17IN2/c1-11-4-2-9(3-5-11)6-12(7-9)8-10/h2-8H2,1H3. The van der Waals surface area contributed by atoms with Gasteiger partial charge in [0.2, 0.25) is 0 Å². The van der Waals surface area contributed by atoms with Crippen LogP contribution in [-0.2, 0) is 0 Å². The van der Waals surface area contributed by atoms with Crippen molar-refractivity contribution in [2.24, 2.45) is 5.41 Å². The van der Waals surface area contributed by atoms with Gasteiger partial charge in [-0.3, -0.25) is 4.90 Å². The Balaban J connectivity index is 1.83. The molecule has 2 aliphatic heterocycles. The van der Waals surface area contributed by atoms with Crippen LogP contribution in [0.3, 0.4) is 0 Å². The maximum Gasteiger partial charge on any atom is 0.0506 e. The normalized spacial score (nSPS) is 30.5. The van der Waals surface area contributed by atoms with Crippen molar-refractivity contribution in [2.75, 3.05) is 37.8 Å². The summed E-state index contributed by atoms with van der Waals surface area (Å²) in [5, 5.41) is 0. The first-order chi connectivity index (χ1) is 5.74. The summed E-state index contributed by atoms with van der Waals surface area (Å²) in [5.41, 5.74) is 0.734. The van der Waals surface area contributed by atoms with Crippen molar-refractivity contribution >= 4 is 22.6 Å². The van der Waals surface area contributed by atoms with Crippen LogP contribution in [0.4, 0.5) is 0 Å². The van der Waals surface area contributed by atoms with E-state index in [-0.39, 0.29) is 0 Å². The molecular weight excluding hydrogens is 263 g/mol. The van der Waals surface area contributed by atoms with Crippen LogP contribution in [0.25, 0.3) is 0 Å². The van der Waals surface area contributed by atoms with Crippen molar-refractivity contribution < 1.29 is 0 Å². The number of alkyl halides is 1. The van der Waals surface area contributed by atoms with Crippen LogP contribution in [0, 0.1) is 5.41 Å². The lowest BCUT2D eigenvalue weighted by molar-refractivity contribution is -0.0283. The predicted octanol–water partition coefficient (Wildman–Crippen LogP) is 1.41. The molecule has 12 heavy (non-hydrogen) atoms. The topological polar surface area (TPSA) is 6.48 Å². The molecule has 0 aromatic heterocycles. The van der Waals surface area contributed by atoms with Crippen LogP contribution in [-0.4, -0.2) is 47.6 Å². The van der Waals surface area contributed by atoms with Crippen LogP contribution in [0.2, 0.25) is 0 Å². The van der Waals surface area contributed by atoms with E-state index >= 15 is 0 Å². The fourth-order valence-electron chi connectivity index (χ4n) is 2.40. The maximum absolute atomic E-state index is 2.55. The summed E-state index contributed by atoms with van der Waals surface area (Å²) < 4.78 is 1.22. The first kappa shape index (κ1) is 9.21. The van der Waals surface area contributed by atoms with E-state index in [1.807, 2.05) is 0 Å². The minimum atomic E-state index is 0.734. The zero-order chi connectivity index (χ0) is 8.60. The Labute approximate surface area is 88.4 Å². The van der Waals surface area contributed by atoms with Gasteiger partial charge in [-0.1, -0.05) is 22.6 Å². The lowest BCUT2D eigenvalue weighted by atomic mass is 9.72. The zero-order valence-corrected chi connectivity index (χ0v) is 9.88. The van der Waals surface area contributed by atoms with E-state index in [1.54, 1.807) is 0 Å². The van der Waals surface area contributed by atoms with Crippen molar-refractivity contribution in [1.82, 2.24) is 9.80 Å². The Morgan fingerprint density at radius 3 is 2.33 bits per heavy atom. The van der Waals surface area contributed by atoms with Crippen molar-refractivity contribution in [3.8, 4) is 0 Å². The minimum absolute atomic E-state index is 0.734. The molecule has 0 aliphatic carbocycles. The van der Waals surface area contributed by atoms with Gasteiger partial charge in [-0.05, 0) is 38.4 Å². The van der Waals surface area contributed by atoms with Crippen LogP contribution >= 0.6 is 22.6 Å². The van der Waals surface area contributed by atoms with E-state index < -0.39 is 0 Å². The molecule has 0 radical (unpaired) electrons. The van der Waals surface area contributed by atoms with Gasteiger partial charge in [0.15, 0.2) is 0 Å². The smallest absolute Gasteiger partial charge is 0.0506 e. The third-order valence-corrected chi connectivity index (χ3v) is 4.30. The van der Waals surface area contributed by atoms with E-state index in [0.717, 1.165) is 5.41 Å². The lowest BCUT2D eigenvalue weighted by Gasteiger charge is -2.53. The number of hydrogen-bond donors (Lipinski definition) is 0. The summed E-state index contributed by atoms with van der Waals surface area (Å²) in [4.78, 5) is 5.00. The summed E-state index contributed by atoms with van der Waals surface area (Å²) >= 11 is 2.46. The Bertz CT molecular complexity index is 148. The molecule has 1 spiro atoms. The van der Waals surface area contributed by atoms with Crippen LogP contribution in [0.15, 0.2) is 0 Å². The molecule has 0 N–H and O–H groups in total. The van der Waals surface area contributed by atoms with Gasteiger partial charge in [-0.2, -0.15) is 0 Å². The molecule has 2 heterocycles. The van der Waals surface area contributed by atoms with Gasteiger partial charge in [-0.15, -0.1) is 0 Å². The summed E-state index contributed by atoms with van der Waals surface area (Å²) in [6.07, 6.45) is 2.85. The second kappa shape index (κ2) is 3.42. The van der Waals surface area contributed by atoms with Crippen LogP contribution in [0.1, 0.15) is 12.8 Å². The Hall–Kier alpha value is 0.650. The van der Waals surface area contributed by atoms with Gasteiger partial charge >= 0.3 is 0 Å². The van der Waals surface area contributed by atoms with Gasteiger partial charge in [-0.25, -0.2) is 0 Å².